The molecule has 1 radical (unpaired) electrons. The largest absolute Gasteiger partial charge is 0.416 e. The van der Waals surface area contributed by atoms with E-state index in [1.807, 2.05) is 0 Å². The maximum absolute atomic E-state index is 6.25. The fraction of sp³-hybridized carbons (Fsp3) is 0.889. The van der Waals surface area contributed by atoms with Gasteiger partial charge in [0.1, 0.15) is 0 Å². The fourth-order valence-corrected chi connectivity index (χ4v) is 23.2. The van der Waals surface area contributed by atoms with Crippen molar-refractivity contribution in [3.8, 4) is 0 Å². The van der Waals surface area contributed by atoms with Crippen LogP contribution in [0.15, 0.2) is 0 Å². The Kier molecular flexibility index (Phi) is 4.33. The number of hydrogen-bond donors (Lipinski definition) is 0. The van der Waals surface area contributed by atoms with E-state index in [1.54, 1.807) is 0 Å². The molecular weight excluding hydrogens is 284 g/mol. The average molecular weight is 310 g/mol. The molecule has 0 unspecified atom stereocenters. The van der Waals surface area contributed by atoms with Gasteiger partial charge in [0, 0.05) is 0 Å². The predicted molar refractivity (Wildman–Crippen MR) is 78.6 cm³/mol. The first-order valence-electron chi connectivity index (χ1n) is 5.99. The summed E-state index contributed by atoms with van der Waals surface area (Å²) in [6.45, 7) is 18.4. The molecule has 0 aliphatic carbocycles. The predicted octanol–water partition coefficient (Wildman–Crippen LogP) is 3.08. The maximum atomic E-state index is 6.25. The molecule has 1 aliphatic heterocycles. The molecular formula is C9H25O4Si4. The Morgan fingerprint density at radius 2 is 0.941 bits per heavy atom. The van der Waals surface area contributed by atoms with Gasteiger partial charge in [0.2, 0.25) is 0 Å². The Bertz CT molecular complexity index is 271. The molecule has 17 heavy (non-hydrogen) atoms. The summed E-state index contributed by atoms with van der Waals surface area (Å²) < 4.78 is 24.9. The summed E-state index contributed by atoms with van der Waals surface area (Å²) in [4.78, 5) is 0. The van der Waals surface area contributed by atoms with Gasteiger partial charge in [-0.3, -0.25) is 0 Å². The molecule has 0 aromatic rings. The normalized spacial score (nSPS) is 30.4. The molecule has 8 heteroatoms. The quantitative estimate of drug-likeness (QED) is 0.698. The molecule has 0 N–H and O–H groups in total. The lowest BCUT2D eigenvalue weighted by Crippen LogP contribution is -2.64. The van der Waals surface area contributed by atoms with Crippen LogP contribution in [0.3, 0.4) is 0 Å². The number of rotatable bonds is 1. The Balaban J connectivity index is 3.02. The second-order valence-corrected chi connectivity index (χ2v) is 20.4. The van der Waals surface area contributed by atoms with Crippen molar-refractivity contribution < 1.29 is 16.5 Å². The van der Waals surface area contributed by atoms with E-state index in [0.29, 0.717) is 6.04 Å². The Hall–Kier alpha value is 0.708. The van der Waals surface area contributed by atoms with Gasteiger partial charge in [0.15, 0.2) is 0 Å². The molecule has 0 amide bonds. The van der Waals surface area contributed by atoms with Crippen LogP contribution in [0.1, 0.15) is 0 Å². The van der Waals surface area contributed by atoms with Crippen LogP contribution in [0, 0.1) is 6.92 Å². The molecule has 1 aliphatic rings. The minimum absolute atomic E-state index is 0.689. The first-order chi connectivity index (χ1) is 7.39. The van der Waals surface area contributed by atoms with Gasteiger partial charge in [-0.15, -0.1) is 0 Å². The van der Waals surface area contributed by atoms with Crippen molar-refractivity contribution in [1.82, 2.24) is 0 Å². The van der Waals surface area contributed by atoms with Crippen molar-refractivity contribution in [2.24, 2.45) is 0 Å². The minimum Gasteiger partial charge on any atom is -0.416 e. The second-order valence-electron chi connectivity index (χ2n) is 5.99. The molecule has 0 spiro atoms. The van der Waals surface area contributed by atoms with Gasteiger partial charge in [0.05, 0.1) is 0 Å². The summed E-state index contributed by atoms with van der Waals surface area (Å²) in [5.41, 5.74) is 0. The summed E-state index contributed by atoms with van der Waals surface area (Å²) in [6.07, 6.45) is 0. The zero-order valence-corrected chi connectivity index (χ0v) is 16.0. The standard InChI is InChI=1S/C9H25O4Si4/c1-9-17(8)12-15(4,5)10-14(2,3)11-16(6,7)13-17/h1,9H2,2-8H3. The highest BCUT2D eigenvalue weighted by atomic mass is 28.5. The Labute approximate surface area is 110 Å². The topological polar surface area (TPSA) is 36.9 Å². The molecule has 0 saturated carbocycles. The highest BCUT2D eigenvalue weighted by Gasteiger charge is 2.51. The zero-order chi connectivity index (χ0) is 13.5. The monoisotopic (exact) mass is 309 g/mol. The Morgan fingerprint density at radius 1 is 0.647 bits per heavy atom. The van der Waals surface area contributed by atoms with Gasteiger partial charge in [0.25, 0.3) is 0 Å². The average Bonchev–Trinajstić information content (AvgIpc) is 1.93. The molecule has 0 aromatic heterocycles. The molecule has 1 rings (SSSR count). The highest BCUT2D eigenvalue weighted by Crippen LogP contribution is 2.31. The number of hydrogen-bond acceptors (Lipinski definition) is 4. The van der Waals surface area contributed by atoms with Crippen molar-refractivity contribution in [3.63, 3.8) is 0 Å². The smallest absolute Gasteiger partial charge is 0.317 e. The van der Waals surface area contributed by atoms with Crippen molar-refractivity contribution in [2.45, 2.75) is 51.9 Å². The molecule has 0 bridgehead atoms. The lowest BCUT2D eigenvalue weighted by Gasteiger charge is -2.47. The third kappa shape index (κ3) is 4.71. The van der Waals surface area contributed by atoms with Gasteiger partial charge in [-0.25, -0.2) is 0 Å². The first kappa shape index (κ1) is 15.8. The van der Waals surface area contributed by atoms with E-state index in [0.717, 1.165) is 0 Å². The highest BCUT2D eigenvalue weighted by molar-refractivity contribution is 6.93. The molecule has 4 nitrogen and oxygen atoms in total. The van der Waals surface area contributed by atoms with Crippen LogP contribution in [-0.4, -0.2) is 34.2 Å². The summed E-state index contributed by atoms with van der Waals surface area (Å²) in [5.74, 6) is 0. The van der Waals surface area contributed by atoms with Crippen molar-refractivity contribution >= 4 is 34.2 Å². The fourth-order valence-electron chi connectivity index (χ4n) is 2.41. The van der Waals surface area contributed by atoms with Crippen LogP contribution >= 0.6 is 0 Å². The Morgan fingerprint density at radius 3 is 1.24 bits per heavy atom. The summed E-state index contributed by atoms with van der Waals surface area (Å²) in [5, 5.41) is 0. The summed E-state index contributed by atoms with van der Waals surface area (Å²) in [7, 11) is -8.73. The molecule has 1 saturated heterocycles. The minimum atomic E-state index is -2.24. The molecule has 0 atom stereocenters. The van der Waals surface area contributed by atoms with E-state index in [4.69, 9.17) is 16.5 Å². The van der Waals surface area contributed by atoms with Gasteiger partial charge >= 0.3 is 34.2 Å². The van der Waals surface area contributed by atoms with E-state index < -0.39 is 34.2 Å². The van der Waals surface area contributed by atoms with E-state index >= 15 is 0 Å². The van der Waals surface area contributed by atoms with Gasteiger partial charge < -0.3 is 16.5 Å². The molecule has 1 fully saturated rings. The SMILES string of the molecule is [CH2]C[Si]1(C)O[Si](C)(C)O[Si](C)(C)O[Si](C)(C)O1. The lowest BCUT2D eigenvalue weighted by molar-refractivity contribution is 0.236. The molecule has 0 aromatic carbocycles. The molecule has 101 valence electrons. The summed E-state index contributed by atoms with van der Waals surface area (Å²) in [6, 6.07) is 0.689. The van der Waals surface area contributed by atoms with Gasteiger partial charge in [-0.05, 0) is 51.9 Å². The van der Waals surface area contributed by atoms with Crippen LogP contribution in [0.25, 0.3) is 0 Å². The van der Waals surface area contributed by atoms with Crippen molar-refractivity contribution in [3.05, 3.63) is 6.92 Å². The van der Waals surface area contributed by atoms with Crippen LogP contribution in [0.4, 0.5) is 0 Å². The van der Waals surface area contributed by atoms with Gasteiger partial charge in [-0.1, -0.05) is 6.92 Å². The molecule has 1 heterocycles. The van der Waals surface area contributed by atoms with Crippen LogP contribution in [0.2, 0.25) is 51.9 Å². The first-order valence-corrected chi connectivity index (χ1v) is 17.0. The van der Waals surface area contributed by atoms with Crippen molar-refractivity contribution in [1.29, 1.82) is 0 Å². The zero-order valence-electron chi connectivity index (χ0n) is 12.0. The lowest BCUT2D eigenvalue weighted by atomic mass is 11.0. The van der Waals surface area contributed by atoms with E-state index in [1.165, 1.54) is 0 Å². The maximum Gasteiger partial charge on any atom is 0.317 e. The van der Waals surface area contributed by atoms with Gasteiger partial charge in [-0.2, -0.15) is 0 Å². The van der Waals surface area contributed by atoms with Crippen LogP contribution in [0.5, 0.6) is 0 Å². The summed E-state index contributed by atoms with van der Waals surface area (Å²) >= 11 is 0. The third-order valence-electron chi connectivity index (χ3n) is 2.36. The van der Waals surface area contributed by atoms with Crippen molar-refractivity contribution in [2.75, 3.05) is 0 Å². The third-order valence-corrected chi connectivity index (χ3v) is 18.5. The van der Waals surface area contributed by atoms with Crippen LogP contribution in [-0.2, 0) is 16.5 Å². The van der Waals surface area contributed by atoms with E-state index in [2.05, 4.69) is 52.8 Å². The van der Waals surface area contributed by atoms with E-state index in [9.17, 15) is 0 Å². The van der Waals surface area contributed by atoms with E-state index in [-0.39, 0.29) is 0 Å². The second kappa shape index (κ2) is 4.67. The van der Waals surface area contributed by atoms with Crippen LogP contribution < -0.4 is 0 Å².